The third-order valence-electron chi connectivity index (χ3n) is 5.38. The molecule has 30 heavy (non-hydrogen) atoms. The lowest BCUT2D eigenvalue weighted by molar-refractivity contribution is 0.0981. The highest BCUT2D eigenvalue weighted by molar-refractivity contribution is 7.79. The van der Waals surface area contributed by atoms with Crippen molar-refractivity contribution < 1.29 is 9.36 Å². The van der Waals surface area contributed by atoms with Crippen molar-refractivity contribution in [2.45, 2.75) is 12.1 Å². The fourth-order valence-corrected chi connectivity index (χ4v) is 7.12. The minimum Gasteiger partial charge on any atom is -0.313 e. The van der Waals surface area contributed by atoms with Crippen molar-refractivity contribution in [2.75, 3.05) is 0 Å². The van der Waals surface area contributed by atoms with E-state index in [4.69, 9.17) is 0 Å². The Balaban J connectivity index is 1.88. The molecule has 0 aliphatic heterocycles. The van der Waals surface area contributed by atoms with Crippen LogP contribution in [0.1, 0.15) is 28.0 Å². The van der Waals surface area contributed by atoms with E-state index in [1.807, 2.05) is 121 Å². The minimum absolute atomic E-state index is 0.00320. The topological polar surface area (TPSA) is 34.1 Å². The van der Waals surface area contributed by atoms with E-state index >= 15 is 0 Å². The van der Waals surface area contributed by atoms with Gasteiger partial charge in [-0.2, -0.15) is 0 Å². The average molecular weight is 410 g/mol. The molecule has 0 spiro atoms. The first kappa shape index (κ1) is 20.1. The number of Topliss-reactive ketones (excluding diaryl/α,β-unsaturated/α-hetero) is 1. The minimum atomic E-state index is -3.15. The number of rotatable bonds is 7. The highest BCUT2D eigenvalue weighted by Crippen LogP contribution is 2.59. The van der Waals surface area contributed by atoms with Crippen LogP contribution in [0.25, 0.3) is 0 Å². The highest BCUT2D eigenvalue weighted by Gasteiger charge is 2.39. The van der Waals surface area contributed by atoms with E-state index in [2.05, 4.69) is 0 Å². The summed E-state index contributed by atoms with van der Waals surface area (Å²) in [7, 11) is -3.15. The third-order valence-corrected chi connectivity index (χ3v) is 8.87. The van der Waals surface area contributed by atoms with E-state index in [9.17, 15) is 9.36 Å². The molecule has 1 atom stereocenters. The van der Waals surface area contributed by atoms with Crippen molar-refractivity contribution in [3.63, 3.8) is 0 Å². The molecule has 0 fully saturated rings. The van der Waals surface area contributed by atoms with Crippen molar-refractivity contribution in [1.82, 2.24) is 0 Å². The fraction of sp³-hybridized carbons (Fsp3) is 0.0741. The second-order valence-electron chi connectivity index (χ2n) is 7.25. The summed E-state index contributed by atoms with van der Waals surface area (Å²) in [5, 5.41) is 1.54. The smallest absolute Gasteiger partial charge is 0.163 e. The Hall–Kier alpha value is -3.22. The lowest BCUT2D eigenvalue weighted by Crippen LogP contribution is -2.23. The maximum atomic E-state index is 14.9. The summed E-state index contributed by atoms with van der Waals surface area (Å²) in [6, 6.07) is 38.2. The van der Waals surface area contributed by atoms with Gasteiger partial charge in [0.25, 0.3) is 0 Å². The molecule has 4 rings (SSSR count). The van der Waals surface area contributed by atoms with Gasteiger partial charge in [-0.25, -0.2) is 0 Å². The summed E-state index contributed by atoms with van der Waals surface area (Å²) in [6.45, 7) is 0. The lowest BCUT2D eigenvalue weighted by atomic mass is 10.0. The Labute approximate surface area is 177 Å². The zero-order valence-corrected chi connectivity index (χ0v) is 17.5. The largest absolute Gasteiger partial charge is 0.313 e. The summed E-state index contributed by atoms with van der Waals surface area (Å²) in [6.07, 6.45) is 0.176. The molecule has 0 aliphatic carbocycles. The molecular formula is C27H23O2P. The van der Waals surface area contributed by atoms with Gasteiger partial charge in [0, 0.05) is 22.6 Å². The maximum Gasteiger partial charge on any atom is 0.163 e. The summed E-state index contributed by atoms with van der Waals surface area (Å²) < 4.78 is 14.9. The van der Waals surface area contributed by atoms with Gasteiger partial charge in [0.1, 0.15) is 0 Å². The van der Waals surface area contributed by atoms with Gasteiger partial charge in [0.05, 0.1) is 5.66 Å². The van der Waals surface area contributed by atoms with Gasteiger partial charge < -0.3 is 4.57 Å². The molecule has 0 saturated carbocycles. The molecule has 4 aromatic carbocycles. The predicted molar refractivity (Wildman–Crippen MR) is 124 cm³/mol. The van der Waals surface area contributed by atoms with Crippen LogP contribution in [-0.4, -0.2) is 5.78 Å². The first-order valence-electron chi connectivity index (χ1n) is 10.0. The second-order valence-corrected chi connectivity index (χ2v) is 10.2. The van der Waals surface area contributed by atoms with Crippen LogP contribution in [0.15, 0.2) is 121 Å². The number of hydrogen-bond donors (Lipinski definition) is 0. The second kappa shape index (κ2) is 9.07. The number of carbonyl (C=O) groups excluding carboxylic acids is 1. The van der Waals surface area contributed by atoms with E-state index in [0.29, 0.717) is 5.56 Å². The summed E-state index contributed by atoms with van der Waals surface area (Å²) in [5.41, 5.74) is 1.11. The first-order chi connectivity index (χ1) is 14.7. The quantitative estimate of drug-likeness (QED) is 0.276. The molecule has 3 heteroatoms. The molecule has 2 nitrogen and oxygen atoms in total. The first-order valence-corrected chi connectivity index (χ1v) is 11.8. The molecule has 0 aliphatic rings. The van der Waals surface area contributed by atoms with Crippen LogP contribution in [-0.2, 0) is 4.57 Å². The van der Waals surface area contributed by atoms with Gasteiger partial charge in [-0.3, -0.25) is 4.79 Å². The van der Waals surface area contributed by atoms with Gasteiger partial charge in [0.2, 0.25) is 0 Å². The predicted octanol–water partition coefficient (Wildman–Crippen LogP) is 6.01. The Morgan fingerprint density at radius 1 is 0.600 bits per heavy atom. The Morgan fingerprint density at radius 2 is 1.00 bits per heavy atom. The SMILES string of the molecule is O=C(CC(c1ccccc1)P(=O)(c1ccccc1)c1ccccc1)c1ccccc1. The van der Waals surface area contributed by atoms with Crippen molar-refractivity contribution in [3.8, 4) is 0 Å². The molecule has 1 unspecified atom stereocenters. The van der Waals surface area contributed by atoms with Crippen molar-refractivity contribution in [3.05, 3.63) is 132 Å². The van der Waals surface area contributed by atoms with Crippen LogP contribution in [0.2, 0.25) is 0 Å². The molecule has 0 aromatic heterocycles. The van der Waals surface area contributed by atoms with Gasteiger partial charge in [-0.15, -0.1) is 0 Å². The standard InChI is InChI=1S/C27H23O2P/c28-26(22-13-5-1-6-14-22)21-27(23-15-7-2-8-16-23)30(29,24-17-9-3-10-18-24)25-19-11-4-12-20-25/h1-20,27H,21H2. The van der Waals surface area contributed by atoms with E-state index in [1.165, 1.54) is 0 Å². The molecule has 0 amide bonds. The molecule has 0 radical (unpaired) electrons. The molecule has 4 aromatic rings. The zero-order chi connectivity index (χ0) is 20.8. The van der Waals surface area contributed by atoms with Crippen LogP contribution in [0.4, 0.5) is 0 Å². The maximum absolute atomic E-state index is 14.9. The van der Waals surface area contributed by atoms with Crippen LogP contribution in [0, 0.1) is 0 Å². The van der Waals surface area contributed by atoms with Crippen LogP contribution < -0.4 is 10.6 Å². The summed E-state index contributed by atoms with van der Waals surface area (Å²) >= 11 is 0. The fourth-order valence-electron chi connectivity index (χ4n) is 3.86. The zero-order valence-electron chi connectivity index (χ0n) is 16.6. The number of benzene rings is 4. The van der Waals surface area contributed by atoms with E-state index < -0.39 is 12.8 Å². The van der Waals surface area contributed by atoms with Crippen LogP contribution in [0.5, 0.6) is 0 Å². The molecule has 148 valence electrons. The van der Waals surface area contributed by atoms with Crippen molar-refractivity contribution in [1.29, 1.82) is 0 Å². The average Bonchev–Trinajstić information content (AvgIpc) is 2.84. The Bertz CT molecular complexity index is 1100. The van der Waals surface area contributed by atoms with E-state index in [1.54, 1.807) is 0 Å². The van der Waals surface area contributed by atoms with Gasteiger partial charge in [0.15, 0.2) is 12.9 Å². The number of hydrogen-bond acceptors (Lipinski definition) is 2. The Morgan fingerprint density at radius 3 is 1.47 bits per heavy atom. The van der Waals surface area contributed by atoms with E-state index in [0.717, 1.165) is 16.2 Å². The van der Waals surface area contributed by atoms with Gasteiger partial charge in [-0.05, 0) is 5.56 Å². The molecule has 0 saturated heterocycles. The van der Waals surface area contributed by atoms with Gasteiger partial charge >= 0.3 is 0 Å². The molecular weight excluding hydrogens is 387 g/mol. The van der Waals surface area contributed by atoms with Crippen molar-refractivity contribution >= 4 is 23.5 Å². The summed E-state index contributed by atoms with van der Waals surface area (Å²) in [4.78, 5) is 13.2. The van der Waals surface area contributed by atoms with Crippen molar-refractivity contribution in [2.24, 2.45) is 0 Å². The number of ketones is 1. The normalized spacial score (nSPS) is 12.3. The summed E-state index contributed by atoms with van der Waals surface area (Å²) in [5.74, 6) is -0.00320. The lowest BCUT2D eigenvalue weighted by Gasteiger charge is -2.29. The molecule has 0 bridgehead atoms. The van der Waals surface area contributed by atoms with Gasteiger partial charge in [-0.1, -0.05) is 121 Å². The molecule has 0 heterocycles. The highest BCUT2D eigenvalue weighted by atomic mass is 31.2. The van der Waals surface area contributed by atoms with E-state index in [-0.39, 0.29) is 12.2 Å². The Kier molecular flexibility index (Phi) is 6.07. The van der Waals surface area contributed by atoms with Crippen LogP contribution in [0.3, 0.4) is 0 Å². The monoisotopic (exact) mass is 410 g/mol. The number of carbonyl (C=O) groups is 1. The van der Waals surface area contributed by atoms with Crippen LogP contribution >= 0.6 is 7.14 Å². The third kappa shape index (κ3) is 4.06. The molecule has 0 N–H and O–H groups in total.